The van der Waals surface area contributed by atoms with E-state index in [4.69, 9.17) is 0 Å². The Morgan fingerprint density at radius 2 is 1.35 bits per heavy atom. The molecule has 20 heavy (non-hydrogen) atoms. The fourth-order valence-electron chi connectivity index (χ4n) is 1.99. The highest BCUT2D eigenvalue weighted by Gasteiger charge is 1.93. The summed E-state index contributed by atoms with van der Waals surface area (Å²) in [5.41, 5.74) is 3.87. The lowest BCUT2D eigenvalue weighted by atomic mass is 10.0. The maximum absolute atomic E-state index is 2.27. The minimum absolute atomic E-state index is 0.903. The van der Waals surface area contributed by atoms with E-state index in [1.165, 1.54) is 36.0 Å². The van der Waals surface area contributed by atoms with Crippen LogP contribution in [0.4, 0.5) is 0 Å². The third-order valence-electron chi connectivity index (χ3n) is 3.29. The van der Waals surface area contributed by atoms with Gasteiger partial charge in [0.05, 0.1) is 0 Å². The third-order valence-corrected chi connectivity index (χ3v) is 3.29. The van der Waals surface area contributed by atoms with E-state index < -0.39 is 0 Å². The highest BCUT2D eigenvalue weighted by molar-refractivity contribution is 5.63. The molecule has 0 heteroatoms. The molecule has 0 unspecified atom stereocenters. The molecule has 0 saturated heterocycles. The Morgan fingerprint density at radius 3 is 1.80 bits per heavy atom. The van der Waals surface area contributed by atoms with Gasteiger partial charge in [-0.1, -0.05) is 100 Å². The number of hydrogen-bond acceptors (Lipinski definition) is 0. The van der Waals surface area contributed by atoms with Crippen molar-refractivity contribution in [3.63, 3.8) is 0 Å². The predicted molar refractivity (Wildman–Crippen MR) is 91.0 cm³/mol. The molecule has 0 saturated carbocycles. The molecular formula is C20H28. The second-order valence-corrected chi connectivity index (χ2v) is 5.77. The van der Waals surface area contributed by atoms with Crippen LogP contribution in [0.3, 0.4) is 0 Å². The molecule has 0 aromatic heterocycles. The van der Waals surface area contributed by atoms with Gasteiger partial charge in [-0.05, 0) is 24.0 Å². The van der Waals surface area contributed by atoms with Gasteiger partial charge < -0.3 is 0 Å². The lowest BCUT2D eigenvalue weighted by molar-refractivity contribution is 0.550. The molecule has 2 aromatic carbocycles. The quantitative estimate of drug-likeness (QED) is 0.594. The Morgan fingerprint density at radius 1 is 0.800 bits per heavy atom. The van der Waals surface area contributed by atoms with Crippen molar-refractivity contribution < 1.29 is 0 Å². The van der Waals surface area contributed by atoms with Crippen LogP contribution >= 0.6 is 0 Å². The van der Waals surface area contributed by atoms with Gasteiger partial charge in [-0.2, -0.15) is 0 Å². The van der Waals surface area contributed by atoms with Crippen LogP contribution in [-0.2, 0) is 0 Å². The van der Waals surface area contributed by atoms with Crippen molar-refractivity contribution in [3.8, 4) is 11.1 Å². The first-order valence-corrected chi connectivity index (χ1v) is 7.75. The van der Waals surface area contributed by atoms with Crippen LogP contribution in [0.1, 0.15) is 45.6 Å². The normalized spacial score (nSPS) is 10.1. The Bertz CT molecular complexity index is 451. The van der Waals surface area contributed by atoms with E-state index >= 15 is 0 Å². The van der Waals surface area contributed by atoms with Crippen LogP contribution in [0.25, 0.3) is 11.1 Å². The zero-order chi connectivity index (χ0) is 14.8. The van der Waals surface area contributed by atoms with Crippen LogP contribution in [-0.4, -0.2) is 0 Å². The number of benzene rings is 2. The average molecular weight is 268 g/mol. The molecule has 2 aromatic rings. The van der Waals surface area contributed by atoms with Gasteiger partial charge in [0.2, 0.25) is 0 Å². The van der Waals surface area contributed by atoms with Crippen molar-refractivity contribution in [2.24, 2.45) is 5.92 Å². The first-order valence-electron chi connectivity index (χ1n) is 7.75. The van der Waals surface area contributed by atoms with E-state index in [-0.39, 0.29) is 0 Å². The molecule has 0 heterocycles. The van der Waals surface area contributed by atoms with E-state index in [9.17, 15) is 0 Å². The van der Waals surface area contributed by atoms with Crippen molar-refractivity contribution in [1.29, 1.82) is 0 Å². The number of unbranched alkanes of at least 4 members (excludes halogenated alkanes) is 1. The summed E-state index contributed by atoms with van der Waals surface area (Å²) >= 11 is 0. The van der Waals surface area contributed by atoms with Gasteiger partial charge in [0.15, 0.2) is 0 Å². The third kappa shape index (κ3) is 6.56. The maximum Gasteiger partial charge on any atom is -0.0184 e. The van der Waals surface area contributed by atoms with E-state index in [1.54, 1.807) is 0 Å². The number of aryl methyl sites for hydroxylation is 1. The Kier molecular flexibility index (Phi) is 7.72. The topological polar surface area (TPSA) is 0 Å². The molecule has 0 radical (unpaired) electrons. The average Bonchev–Trinajstić information content (AvgIpc) is 2.47. The zero-order valence-corrected chi connectivity index (χ0v) is 13.4. The summed E-state index contributed by atoms with van der Waals surface area (Å²) in [5.74, 6) is 0.903. The van der Waals surface area contributed by atoms with Crippen LogP contribution in [0, 0.1) is 12.8 Å². The van der Waals surface area contributed by atoms with Crippen LogP contribution in [0.5, 0.6) is 0 Å². The first-order chi connectivity index (χ1) is 9.63. The molecule has 0 bridgehead atoms. The smallest absolute Gasteiger partial charge is 0.0184 e. The standard InChI is InChI=1S/C13H12.C7H16/c1-11-7-9-13(10-8-11)12-5-3-2-4-6-12;1-4-5-6-7(2)3/h2-10H,1H3;7H,4-6H2,1-3H3. The molecule has 2 rings (SSSR count). The van der Waals surface area contributed by atoms with Gasteiger partial charge in [0.1, 0.15) is 0 Å². The fraction of sp³-hybridized carbons (Fsp3) is 0.400. The summed E-state index contributed by atoms with van der Waals surface area (Å²) in [5, 5.41) is 0. The molecule has 0 nitrogen and oxygen atoms in total. The fourth-order valence-corrected chi connectivity index (χ4v) is 1.99. The van der Waals surface area contributed by atoms with Gasteiger partial charge in [0, 0.05) is 0 Å². The summed E-state index contributed by atoms with van der Waals surface area (Å²) in [6.45, 7) is 8.89. The molecule has 0 N–H and O–H groups in total. The first kappa shape index (κ1) is 16.5. The van der Waals surface area contributed by atoms with Gasteiger partial charge in [-0.3, -0.25) is 0 Å². The van der Waals surface area contributed by atoms with Gasteiger partial charge in [-0.15, -0.1) is 0 Å². The van der Waals surface area contributed by atoms with Crippen LogP contribution < -0.4 is 0 Å². The van der Waals surface area contributed by atoms with E-state index in [2.05, 4.69) is 76.2 Å². The van der Waals surface area contributed by atoms with Crippen molar-refractivity contribution >= 4 is 0 Å². The maximum atomic E-state index is 2.27. The molecule has 0 spiro atoms. The Balaban J connectivity index is 0.000000246. The summed E-state index contributed by atoms with van der Waals surface area (Å²) in [6, 6.07) is 19.0. The number of hydrogen-bond donors (Lipinski definition) is 0. The second kappa shape index (κ2) is 9.36. The van der Waals surface area contributed by atoms with Gasteiger partial charge >= 0.3 is 0 Å². The van der Waals surface area contributed by atoms with Crippen LogP contribution in [0.15, 0.2) is 54.6 Å². The molecule has 0 fully saturated rings. The molecular weight excluding hydrogens is 240 g/mol. The minimum atomic E-state index is 0.903. The highest BCUT2D eigenvalue weighted by Crippen LogP contribution is 2.18. The number of rotatable bonds is 4. The Hall–Kier alpha value is -1.56. The van der Waals surface area contributed by atoms with Crippen molar-refractivity contribution in [1.82, 2.24) is 0 Å². The highest BCUT2D eigenvalue weighted by atomic mass is 14.0. The van der Waals surface area contributed by atoms with Crippen molar-refractivity contribution in [2.75, 3.05) is 0 Å². The monoisotopic (exact) mass is 268 g/mol. The van der Waals surface area contributed by atoms with Gasteiger partial charge in [0.25, 0.3) is 0 Å². The van der Waals surface area contributed by atoms with Crippen LogP contribution in [0.2, 0.25) is 0 Å². The second-order valence-electron chi connectivity index (χ2n) is 5.77. The van der Waals surface area contributed by atoms with Gasteiger partial charge in [-0.25, -0.2) is 0 Å². The van der Waals surface area contributed by atoms with E-state index in [0.29, 0.717) is 0 Å². The molecule has 108 valence electrons. The minimum Gasteiger partial charge on any atom is -0.0654 e. The largest absolute Gasteiger partial charge is 0.0654 e. The predicted octanol–water partition coefficient (Wildman–Crippen LogP) is 6.49. The summed E-state index contributed by atoms with van der Waals surface area (Å²) in [4.78, 5) is 0. The summed E-state index contributed by atoms with van der Waals surface area (Å²) < 4.78 is 0. The van der Waals surface area contributed by atoms with Crippen molar-refractivity contribution in [2.45, 2.75) is 47.0 Å². The van der Waals surface area contributed by atoms with E-state index in [0.717, 1.165) is 5.92 Å². The lowest BCUT2D eigenvalue weighted by Gasteiger charge is -2.00. The molecule has 0 atom stereocenters. The van der Waals surface area contributed by atoms with E-state index in [1.807, 2.05) is 6.07 Å². The van der Waals surface area contributed by atoms with Crippen molar-refractivity contribution in [3.05, 3.63) is 60.2 Å². The zero-order valence-electron chi connectivity index (χ0n) is 13.4. The molecule has 0 aliphatic rings. The Labute approximate surface area is 124 Å². The molecule has 0 amide bonds. The lowest BCUT2D eigenvalue weighted by Crippen LogP contribution is -1.83. The molecule has 0 aliphatic carbocycles. The SMILES string of the molecule is CCCCC(C)C.Cc1ccc(-c2ccccc2)cc1. The summed E-state index contributed by atoms with van der Waals surface area (Å²) in [6.07, 6.45) is 4.15. The molecule has 0 aliphatic heterocycles. The summed E-state index contributed by atoms with van der Waals surface area (Å²) in [7, 11) is 0.